The molecule has 0 amide bonds. The van der Waals surface area contributed by atoms with Crippen LogP contribution in [-0.4, -0.2) is 89.0 Å². The Hall–Kier alpha value is -5.25. The van der Waals surface area contributed by atoms with Gasteiger partial charge in [0.2, 0.25) is 5.78 Å². The van der Waals surface area contributed by atoms with Crippen LogP contribution in [0.15, 0.2) is 135 Å². The number of fused-ring (bicyclic) bond motifs is 2. The van der Waals surface area contributed by atoms with Crippen molar-refractivity contribution >= 4 is 23.0 Å². The van der Waals surface area contributed by atoms with Gasteiger partial charge >= 0.3 is 17.2 Å². The van der Waals surface area contributed by atoms with Crippen molar-refractivity contribution in [2.45, 2.75) is 52.6 Å². The molecule has 15 nitrogen and oxygen atoms in total. The summed E-state index contributed by atoms with van der Waals surface area (Å²) in [6.07, 6.45) is 4.51. The average molecular weight is 1020 g/mol. The van der Waals surface area contributed by atoms with Crippen molar-refractivity contribution in [3.8, 4) is 28.7 Å². The molecule has 0 bridgehead atoms. The maximum atomic E-state index is 14.6. The highest BCUT2D eigenvalue weighted by Crippen LogP contribution is 2.49. The van der Waals surface area contributed by atoms with Crippen LogP contribution in [0.25, 0.3) is 0 Å². The Balaban J connectivity index is 0.000000593. The molecular formula is C54H66O15P2. The van der Waals surface area contributed by atoms with Crippen LogP contribution in [0.3, 0.4) is 0 Å². The van der Waals surface area contributed by atoms with Crippen molar-refractivity contribution in [2.24, 2.45) is 0 Å². The summed E-state index contributed by atoms with van der Waals surface area (Å²) in [7, 11) is -3.14. The van der Waals surface area contributed by atoms with Crippen LogP contribution >= 0.6 is 17.2 Å². The highest BCUT2D eigenvalue weighted by Gasteiger charge is 2.34. The summed E-state index contributed by atoms with van der Waals surface area (Å²) in [6, 6.07) is 32.4. The Kier molecular flexibility index (Phi) is 25.5. The summed E-state index contributed by atoms with van der Waals surface area (Å²) < 4.78 is 70.2. The van der Waals surface area contributed by atoms with Crippen molar-refractivity contribution in [1.82, 2.24) is 0 Å². The van der Waals surface area contributed by atoms with Gasteiger partial charge in [-0.1, -0.05) is 105 Å². The van der Waals surface area contributed by atoms with Crippen LogP contribution in [0.5, 0.6) is 28.7 Å². The van der Waals surface area contributed by atoms with E-state index in [1.54, 1.807) is 55.6 Å². The van der Waals surface area contributed by atoms with E-state index in [2.05, 4.69) is 19.2 Å². The molecule has 0 aromatic heterocycles. The normalized spacial score (nSPS) is 15.8. The highest BCUT2D eigenvalue weighted by atomic mass is 31.2. The fourth-order valence-corrected chi connectivity index (χ4v) is 9.03. The zero-order valence-corrected chi connectivity index (χ0v) is 42.7. The lowest BCUT2D eigenvalue weighted by atomic mass is 9.84. The summed E-state index contributed by atoms with van der Waals surface area (Å²) in [5.74, 6) is 1.28. The number of aliphatic hydroxyl groups is 1. The Morgan fingerprint density at radius 3 is 1.86 bits per heavy atom. The van der Waals surface area contributed by atoms with Gasteiger partial charge in [-0.25, -0.2) is 0 Å². The molecule has 2 N–H and O–H groups in total. The molecule has 3 unspecified atom stereocenters. The lowest BCUT2D eigenvalue weighted by molar-refractivity contribution is -0.0905. The number of methoxy groups -OCH3 is 1. The highest BCUT2D eigenvalue weighted by molar-refractivity contribution is 7.43. The number of hydrogen-bond donors (Lipinski definition) is 2. The van der Waals surface area contributed by atoms with E-state index in [0.29, 0.717) is 92.2 Å². The molecule has 0 saturated carbocycles. The van der Waals surface area contributed by atoms with Crippen LogP contribution in [0, 0.1) is 0 Å². The standard InChI is InChI=1S/C42H40O13P2.C8H16O2.C2H6.C2H4/c43-19-20-46-26-30-9-1-4-14-33(30)53-57(54-34-15-5-2-12-31(34)38-27-47-21-22-48-38)55-37-18-8-11-29-25-28-10-7-17-36(39(28)41(44)40(29)37)52-56(45)51-35-16-6-3-13-32(35)42-49-23-24-50-42;1-3-4-5-6-10-8-7-9-2;2*1-2/h1-18,38,42-43,45H,19-27H2;3-4H,5-8H2,1-2H3;1-2H3;1-2H2/b;4-3-;;. The Morgan fingerprint density at radius 1 is 0.648 bits per heavy atom. The van der Waals surface area contributed by atoms with Crippen molar-refractivity contribution in [2.75, 3.05) is 73.2 Å². The zero-order valence-electron chi connectivity index (χ0n) is 40.9. The second kappa shape index (κ2) is 32.0. The predicted molar refractivity (Wildman–Crippen MR) is 273 cm³/mol. The molecule has 2 aliphatic heterocycles. The Morgan fingerprint density at radius 2 is 1.21 bits per heavy atom. The number of carbonyl (C=O) groups is 1. The lowest BCUT2D eigenvalue weighted by Crippen LogP contribution is -2.22. The molecule has 0 radical (unpaired) electrons. The van der Waals surface area contributed by atoms with E-state index in [1.165, 1.54) is 0 Å². The SMILES string of the molecule is C/C=C\CCOCCOC.C=C.CC.O=C1c2c(cccc2OP(O)Oc2ccccc2C2OCCO2)Cc2cccc(OP(Oc3ccccc3COCCO)Oc3ccccc3C3COCCO3)c21. The molecular weight excluding hydrogens is 951 g/mol. The molecule has 2 heterocycles. The molecule has 5 aromatic rings. The van der Waals surface area contributed by atoms with Crippen molar-refractivity contribution < 1.29 is 70.6 Å². The van der Waals surface area contributed by atoms with Gasteiger partial charge in [-0.3, -0.25) is 4.79 Å². The average Bonchev–Trinajstić information content (AvgIpc) is 3.95. The molecule has 3 aliphatic rings. The summed E-state index contributed by atoms with van der Waals surface area (Å²) >= 11 is 0. The van der Waals surface area contributed by atoms with Gasteiger partial charge in [0, 0.05) is 18.2 Å². The van der Waals surface area contributed by atoms with E-state index >= 15 is 0 Å². The summed E-state index contributed by atoms with van der Waals surface area (Å²) in [5.41, 5.74) is 4.11. The first-order valence-corrected chi connectivity index (χ1v) is 25.7. The first-order chi connectivity index (χ1) is 35.0. The number of rotatable bonds is 22. The second-order valence-corrected chi connectivity index (χ2v) is 16.8. The van der Waals surface area contributed by atoms with Gasteiger partial charge in [-0.15, -0.1) is 13.2 Å². The van der Waals surface area contributed by atoms with E-state index in [1.807, 2.05) is 87.5 Å². The number of benzene rings is 5. The second-order valence-electron chi connectivity index (χ2n) is 14.9. The quantitative estimate of drug-likeness (QED) is 0.0374. The minimum Gasteiger partial charge on any atom is -0.417 e. The number of hydrogen-bond acceptors (Lipinski definition) is 15. The first kappa shape index (κ1) is 56.7. The monoisotopic (exact) mass is 1020 g/mol. The van der Waals surface area contributed by atoms with Gasteiger partial charge in [0.05, 0.1) is 89.4 Å². The number of ketones is 1. The van der Waals surface area contributed by atoms with Gasteiger partial charge in [0.1, 0.15) is 34.9 Å². The molecule has 1 aliphatic carbocycles. The van der Waals surface area contributed by atoms with Crippen molar-refractivity contribution in [3.63, 3.8) is 0 Å². The Labute approximate surface area is 420 Å². The van der Waals surface area contributed by atoms with Gasteiger partial charge in [0.15, 0.2) is 6.29 Å². The van der Waals surface area contributed by atoms with E-state index < -0.39 is 23.5 Å². The molecule has 17 heteroatoms. The minimum atomic E-state index is -2.54. The number of para-hydroxylation sites is 3. The van der Waals surface area contributed by atoms with Gasteiger partial charge in [0.25, 0.3) is 0 Å². The number of allylic oxidation sites excluding steroid dienone is 1. The lowest BCUT2D eigenvalue weighted by Gasteiger charge is -2.27. The van der Waals surface area contributed by atoms with Gasteiger partial charge in [-0.2, -0.15) is 0 Å². The zero-order chi connectivity index (χ0) is 50.6. The third kappa shape index (κ3) is 16.9. The summed E-state index contributed by atoms with van der Waals surface area (Å²) in [6.45, 7) is 16.6. The fourth-order valence-electron chi connectivity index (χ4n) is 7.24. The van der Waals surface area contributed by atoms with E-state index in [9.17, 15) is 14.8 Å². The van der Waals surface area contributed by atoms with Crippen LogP contribution in [0.4, 0.5) is 0 Å². The van der Waals surface area contributed by atoms with E-state index in [4.69, 9.17) is 55.8 Å². The summed E-state index contributed by atoms with van der Waals surface area (Å²) in [5, 5.41) is 9.29. The van der Waals surface area contributed by atoms with E-state index in [-0.39, 0.29) is 48.8 Å². The molecule has 71 heavy (non-hydrogen) atoms. The third-order valence-electron chi connectivity index (χ3n) is 10.4. The molecule has 3 atom stereocenters. The predicted octanol–water partition coefficient (Wildman–Crippen LogP) is 11.3. The fraction of sp³-hybridized carbons (Fsp3) is 0.352. The number of ether oxygens (including phenoxy) is 7. The molecule has 8 rings (SSSR count). The summed E-state index contributed by atoms with van der Waals surface area (Å²) in [4.78, 5) is 25.7. The topological polar surface area (TPSA) is 168 Å². The van der Waals surface area contributed by atoms with Crippen LogP contribution in [-0.2, 0) is 46.2 Å². The molecule has 5 aromatic carbocycles. The largest absolute Gasteiger partial charge is 0.530 e. The van der Waals surface area contributed by atoms with Crippen molar-refractivity contribution in [1.29, 1.82) is 0 Å². The van der Waals surface area contributed by atoms with E-state index in [0.717, 1.165) is 24.2 Å². The molecule has 0 spiro atoms. The maximum absolute atomic E-state index is 14.6. The van der Waals surface area contributed by atoms with Crippen molar-refractivity contribution in [3.05, 3.63) is 173 Å². The van der Waals surface area contributed by atoms with Crippen LogP contribution in [0.1, 0.15) is 83.3 Å². The van der Waals surface area contributed by atoms with Crippen LogP contribution in [0.2, 0.25) is 0 Å². The Bertz CT molecular complexity index is 2370. The number of aliphatic hydroxyl groups excluding tert-OH is 1. The molecule has 382 valence electrons. The van der Waals surface area contributed by atoms with Crippen LogP contribution < -0.4 is 22.6 Å². The first-order valence-electron chi connectivity index (χ1n) is 23.5. The number of carbonyl (C=O) groups excluding carboxylic acids is 1. The molecule has 2 fully saturated rings. The van der Waals surface area contributed by atoms with Gasteiger partial charge < -0.3 is 65.8 Å². The van der Waals surface area contributed by atoms with Gasteiger partial charge in [-0.05, 0) is 61.2 Å². The maximum Gasteiger partial charge on any atom is 0.530 e. The third-order valence-corrected chi connectivity index (χ3v) is 12.1. The minimum absolute atomic E-state index is 0.124. The molecule has 2 saturated heterocycles. The smallest absolute Gasteiger partial charge is 0.417 e.